The summed E-state index contributed by atoms with van der Waals surface area (Å²) in [6, 6.07) is 4.43. The van der Waals surface area contributed by atoms with Crippen molar-refractivity contribution in [2.45, 2.75) is 56.2 Å². The molecule has 1 saturated carbocycles. The van der Waals surface area contributed by atoms with Crippen LogP contribution >= 0.6 is 11.6 Å². The number of halogens is 2. The van der Waals surface area contributed by atoms with E-state index in [-0.39, 0.29) is 11.9 Å². The van der Waals surface area contributed by atoms with Crippen molar-refractivity contribution in [1.29, 1.82) is 0 Å². The molecule has 0 spiro atoms. The van der Waals surface area contributed by atoms with Gasteiger partial charge >= 0.3 is 0 Å². The molecule has 1 aromatic carbocycles. The van der Waals surface area contributed by atoms with E-state index in [1.54, 1.807) is 16.4 Å². The maximum atomic E-state index is 14.0. The minimum absolute atomic E-state index is 0.177. The van der Waals surface area contributed by atoms with Crippen molar-refractivity contribution in [2.75, 3.05) is 6.54 Å². The fourth-order valence-corrected chi connectivity index (χ4v) is 6.14. The van der Waals surface area contributed by atoms with E-state index in [1.165, 1.54) is 6.07 Å². The molecule has 1 heterocycles. The van der Waals surface area contributed by atoms with E-state index in [2.05, 4.69) is 0 Å². The summed E-state index contributed by atoms with van der Waals surface area (Å²) in [6.07, 6.45) is 4.09. The van der Waals surface area contributed by atoms with Gasteiger partial charge in [0.1, 0.15) is 5.82 Å². The molecular weight excluding hydrogens is 325 g/mol. The molecule has 22 heavy (non-hydrogen) atoms. The summed E-state index contributed by atoms with van der Waals surface area (Å²) in [6.45, 7) is 2.48. The lowest BCUT2D eigenvalue weighted by Crippen LogP contribution is -2.43. The molecule has 0 bridgehead atoms. The topological polar surface area (TPSA) is 37.4 Å². The molecular formula is C16H21ClFNO2S. The molecule has 0 radical (unpaired) electrons. The summed E-state index contributed by atoms with van der Waals surface area (Å²) in [4.78, 5) is 0. The van der Waals surface area contributed by atoms with Crippen molar-refractivity contribution in [3.8, 4) is 0 Å². The summed E-state index contributed by atoms with van der Waals surface area (Å²) in [5.74, 6) is -0.353. The van der Waals surface area contributed by atoms with Gasteiger partial charge in [0.25, 0.3) is 0 Å². The van der Waals surface area contributed by atoms with E-state index >= 15 is 0 Å². The van der Waals surface area contributed by atoms with E-state index in [1.807, 2.05) is 6.92 Å². The van der Waals surface area contributed by atoms with Crippen molar-refractivity contribution in [2.24, 2.45) is 0 Å². The lowest BCUT2D eigenvalue weighted by Gasteiger charge is -2.28. The number of hydrogen-bond donors (Lipinski definition) is 0. The Balaban J connectivity index is 1.86. The zero-order valence-corrected chi connectivity index (χ0v) is 14.3. The highest BCUT2D eigenvalue weighted by Crippen LogP contribution is 2.49. The van der Waals surface area contributed by atoms with Gasteiger partial charge in [-0.1, -0.05) is 24.6 Å². The van der Waals surface area contributed by atoms with Crippen LogP contribution in [0.25, 0.3) is 0 Å². The van der Waals surface area contributed by atoms with Crippen LogP contribution in [0.2, 0.25) is 5.02 Å². The molecule has 1 aromatic rings. The third-order valence-electron chi connectivity index (χ3n) is 5.13. The highest BCUT2D eigenvalue weighted by molar-refractivity contribution is 7.90. The molecule has 1 unspecified atom stereocenters. The highest BCUT2D eigenvalue weighted by Gasteiger charge is 2.56. The van der Waals surface area contributed by atoms with Crippen molar-refractivity contribution in [3.63, 3.8) is 0 Å². The van der Waals surface area contributed by atoms with Crippen LogP contribution < -0.4 is 0 Å². The van der Waals surface area contributed by atoms with Crippen LogP contribution in [0.1, 0.15) is 44.6 Å². The fraction of sp³-hybridized carbons (Fsp3) is 0.625. The monoisotopic (exact) mass is 345 g/mol. The first-order chi connectivity index (χ1) is 10.4. The smallest absolute Gasteiger partial charge is 0.212 e. The van der Waals surface area contributed by atoms with Gasteiger partial charge in [0, 0.05) is 23.2 Å². The van der Waals surface area contributed by atoms with Crippen molar-refractivity contribution in [1.82, 2.24) is 4.31 Å². The first-order valence-electron chi connectivity index (χ1n) is 7.85. The second-order valence-electron chi connectivity index (χ2n) is 6.35. The number of sulfonamides is 1. The van der Waals surface area contributed by atoms with Gasteiger partial charge in [0.15, 0.2) is 0 Å². The lowest BCUT2D eigenvalue weighted by molar-refractivity contribution is 0.373. The van der Waals surface area contributed by atoms with Gasteiger partial charge in [-0.2, -0.15) is 4.31 Å². The van der Waals surface area contributed by atoms with E-state index < -0.39 is 14.8 Å². The number of benzene rings is 1. The molecule has 122 valence electrons. The zero-order valence-electron chi connectivity index (χ0n) is 12.7. The van der Waals surface area contributed by atoms with Crippen LogP contribution in [0.15, 0.2) is 18.2 Å². The SMILES string of the molecule is CCC1(S(=O)(=O)N2CCCC2Cc2c(F)cccc2Cl)CC1. The predicted molar refractivity (Wildman–Crippen MR) is 86.0 cm³/mol. The summed E-state index contributed by atoms with van der Waals surface area (Å²) in [7, 11) is -3.30. The van der Waals surface area contributed by atoms with Gasteiger partial charge in [-0.3, -0.25) is 0 Å². The van der Waals surface area contributed by atoms with Crippen LogP contribution in [0.4, 0.5) is 4.39 Å². The first-order valence-corrected chi connectivity index (χ1v) is 9.67. The summed E-state index contributed by atoms with van der Waals surface area (Å²) in [5, 5.41) is 0.376. The summed E-state index contributed by atoms with van der Waals surface area (Å²) < 4.78 is 40.9. The van der Waals surface area contributed by atoms with E-state index in [0.717, 1.165) is 25.7 Å². The minimum Gasteiger partial charge on any atom is -0.212 e. The van der Waals surface area contributed by atoms with Gasteiger partial charge in [-0.25, -0.2) is 12.8 Å². The lowest BCUT2D eigenvalue weighted by atomic mass is 10.0. The molecule has 0 aromatic heterocycles. The average Bonchev–Trinajstić information content (AvgIpc) is 3.15. The Bertz CT molecular complexity index is 652. The highest BCUT2D eigenvalue weighted by atomic mass is 35.5. The third-order valence-corrected chi connectivity index (χ3v) is 8.38. The molecule has 2 aliphatic rings. The van der Waals surface area contributed by atoms with Gasteiger partial charge in [-0.15, -0.1) is 0 Å². The van der Waals surface area contributed by atoms with Crippen LogP contribution in [-0.2, 0) is 16.4 Å². The number of rotatable bonds is 5. The number of hydrogen-bond acceptors (Lipinski definition) is 2. The Morgan fingerprint density at radius 2 is 2.14 bits per heavy atom. The molecule has 2 fully saturated rings. The molecule has 0 N–H and O–H groups in total. The zero-order chi connectivity index (χ0) is 16.0. The Morgan fingerprint density at radius 1 is 1.41 bits per heavy atom. The van der Waals surface area contributed by atoms with Crippen LogP contribution in [0, 0.1) is 5.82 Å². The second kappa shape index (κ2) is 5.77. The normalized spacial score (nSPS) is 24.6. The van der Waals surface area contributed by atoms with Gasteiger partial charge in [-0.05, 0) is 50.7 Å². The van der Waals surface area contributed by atoms with Crippen molar-refractivity contribution < 1.29 is 12.8 Å². The van der Waals surface area contributed by atoms with Crippen LogP contribution in [0.3, 0.4) is 0 Å². The predicted octanol–water partition coefficient (Wildman–Crippen LogP) is 3.76. The average molecular weight is 346 g/mol. The molecule has 0 amide bonds. The van der Waals surface area contributed by atoms with Crippen LogP contribution in [-0.4, -0.2) is 30.1 Å². The Labute approximate surface area is 136 Å². The van der Waals surface area contributed by atoms with Gasteiger partial charge in [0.2, 0.25) is 10.0 Å². The quantitative estimate of drug-likeness (QED) is 0.814. The van der Waals surface area contributed by atoms with E-state index in [0.29, 0.717) is 30.0 Å². The maximum Gasteiger partial charge on any atom is 0.220 e. The van der Waals surface area contributed by atoms with Crippen molar-refractivity contribution in [3.05, 3.63) is 34.6 Å². The summed E-state index contributed by atoms with van der Waals surface area (Å²) >= 11 is 6.09. The minimum atomic E-state index is -3.30. The maximum absolute atomic E-state index is 14.0. The molecule has 1 atom stereocenters. The Kier molecular flexibility index (Phi) is 4.25. The van der Waals surface area contributed by atoms with Crippen LogP contribution in [0.5, 0.6) is 0 Å². The second-order valence-corrected chi connectivity index (χ2v) is 9.05. The van der Waals surface area contributed by atoms with Crippen molar-refractivity contribution >= 4 is 21.6 Å². The first kappa shape index (κ1) is 16.2. The standard InChI is InChI=1S/C16H21ClFNO2S/c1-2-16(8-9-16)22(20,21)19-10-4-5-12(19)11-13-14(17)6-3-7-15(13)18/h3,6-7,12H,2,4-5,8-11H2,1H3. The largest absolute Gasteiger partial charge is 0.220 e. The number of nitrogens with zero attached hydrogens (tertiary/aromatic N) is 1. The molecule has 3 nitrogen and oxygen atoms in total. The van der Waals surface area contributed by atoms with E-state index in [4.69, 9.17) is 11.6 Å². The summed E-state index contributed by atoms with van der Waals surface area (Å²) in [5.41, 5.74) is 0.428. The van der Waals surface area contributed by atoms with Gasteiger partial charge < -0.3 is 0 Å². The fourth-order valence-electron chi connectivity index (χ4n) is 3.47. The Morgan fingerprint density at radius 3 is 2.73 bits per heavy atom. The third kappa shape index (κ3) is 2.57. The molecule has 3 rings (SSSR count). The molecule has 1 aliphatic carbocycles. The molecule has 1 saturated heterocycles. The Hall–Kier alpha value is -0.650. The molecule has 6 heteroatoms. The van der Waals surface area contributed by atoms with Gasteiger partial charge in [0.05, 0.1) is 4.75 Å². The molecule has 1 aliphatic heterocycles. The van der Waals surface area contributed by atoms with E-state index in [9.17, 15) is 12.8 Å².